The van der Waals surface area contributed by atoms with Crippen molar-refractivity contribution in [3.8, 4) is 0 Å². The van der Waals surface area contributed by atoms with Gasteiger partial charge in [-0.1, -0.05) is 73.8 Å². The first-order chi connectivity index (χ1) is 12.4. The summed E-state index contributed by atoms with van der Waals surface area (Å²) in [5, 5.41) is 5.86. The summed E-state index contributed by atoms with van der Waals surface area (Å²) >= 11 is 18.3. The SMILES string of the molecule is Cc1ccc(N[C@H](NC(=O)c2ccc(C(C)(C)C)cc2)C(Cl)(Cl)Cl)cc1C. The fraction of sp³-hybridized carbons (Fsp3) is 0.381. The molecule has 0 heterocycles. The molecule has 0 spiro atoms. The van der Waals surface area contributed by atoms with Crippen molar-refractivity contribution in [2.24, 2.45) is 0 Å². The number of halogens is 3. The second-order valence-electron chi connectivity index (χ2n) is 7.72. The van der Waals surface area contributed by atoms with Crippen LogP contribution in [0.4, 0.5) is 5.69 Å². The Hall–Kier alpha value is -1.42. The lowest BCUT2D eigenvalue weighted by Gasteiger charge is -2.28. The second kappa shape index (κ2) is 8.30. The molecule has 0 saturated heterocycles. The summed E-state index contributed by atoms with van der Waals surface area (Å²) in [7, 11) is 0. The van der Waals surface area contributed by atoms with E-state index in [1.165, 1.54) is 0 Å². The van der Waals surface area contributed by atoms with Gasteiger partial charge in [0.15, 0.2) is 0 Å². The summed E-state index contributed by atoms with van der Waals surface area (Å²) in [6, 6.07) is 13.2. The first kappa shape index (κ1) is 21.9. The minimum absolute atomic E-state index is 0.0139. The Kier molecular flexibility index (Phi) is 6.72. The molecule has 1 amide bonds. The van der Waals surface area contributed by atoms with E-state index >= 15 is 0 Å². The Bertz CT molecular complexity index is 806. The van der Waals surface area contributed by atoms with E-state index in [1.54, 1.807) is 12.1 Å². The molecule has 0 bridgehead atoms. The van der Waals surface area contributed by atoms with Crippen molar-refractivity contribution in [1.82, 2.24) is 5.32 Å². The minimum Gasteiger partial charge on any atom is -0.362 e. The standard InChI is InChI=1S/C21H25Cl3N2O/c1-13-6-11-17(12-14(13)2)25-19(21(22,23)24)26-18(27)15-7-9-16(10-8-15)20(3,4)5/h6-12,19,25H,1-5H3,(H,26,27)/t19-/m1/s1. The van der Waals surface area contributed by atoms with Gasteiger partial charge < -0.3 is 10.6 Å². The van der Waals surface area contributed by atoms with Crippen molar-refractivity contribution < 1.29 is 4.79 Å². The van der Waals surface area contributed by atoms with Gasteiger partial charge in [0.05, 0.1) is 0 Å². The number of carbonyl (C=O) groups excluding carboxylic acids is 1. The lowest BCUT2D eigenvalue weighted by molar-refractivity contribution is 0.0942. The third kappa shape index (κ3) is 6.03. The van der Waals surface area contributed by atoms with E-state index in [9.17, 15) is 4.79 Å². The Morgan fingerprint density at radius 3 is 2.00 bits per heavy atom. The Balaban J connectivity index is 2.18. The van der Waals surface area contributed by atoms with Gasteiger partial charge in [0.25, 0.3) is 5.91 Å². The van der Waals surface area contributed by atoms with Crippen LogP contribution in [-0.2, 0) is 5.41 Å². The molecule has 2 N–H and O–H groups in total. The normalized spacial score (nSPS) is 13.2. The highest BCUT2D eigenvalue weighted by atomic mass is 35.6. The number of alkyl halides is 3. The molecule has 0 unspecified atom stereocenters. The summed E-state index contributed by atoms with van der Waals surface area (Å²) in [5.41, 5.74) is 4.69. The number of benzene rings is 2. The fourth-order valence-corrected chi connectivity index (χ4v) is 2.86. The molecule has 0 aliphatic rings. The van der Waals surface area contributed by atoms with Gasteiger partial charge in [0, 0.05) is 11.3 Å². The fourth-order valence-electron chi connectivity index (χ4n) is 2.53. The molecule has 2 aromatic carbocycles. The van der Waals surface area contributed by atoms with Crippen molar-refractivity contribution in [3.05, 3.63) is 64.7 Å². The molecule has 1 atom stereocenters. The van der Waals surface area contributed by atoms with Gasteiger partial charge >= 0.3 is 0 Å². The van der Waals surface area contributed by atoms with Gasteiger partial charge in [0.1, 0.15) is 6.17 Å². The lowest BCUT2D eigenvalue weighted by Crippen LogP contribution is -2.49. The summed E-state index contributed by atoms with van der Waals surface area (Å²) in [6.45, 7) is 10.4. The lowest BCUT2D eigenvalue weighted by atomic mass is 9.87. The molecular formula is C21H25Cl3N2O. The number of hydrogen-bond acceptors (Lipinski definition) is 2. The molecule has 0 aromatic heterocycles. The Morgan fingerprint density at radius 1 is 0.926 bits per heavy atom. The average molecular weight is 428 g/mol. The summed E-state index contributed by atoms with van der Waals surface area (Å²) in [6.07, 6.45) is -0.889. The van der Waals surface area contributed by atoms with Crippen LogP contribution in [0.25, 0.3) is 0 Å². The Labute approximate surface area is 176 Å². The topological polar surface area (TPSA) is 41.1 Å². The van der Waals surface area contributed by atoms with Gasteiger partial charge in [-0.2, -0.15) is 0 Å². The van der Waals surface area contributed by atoms with Gasteiger partial charge in [-0.25, -0.2) is 0 Å². The van der Waals surface area contributed by atoms with Crippen molar-refractivity contribution in [3.63, 3.8) is 0 Å². The largest absolute Gasteiger partial charge is 0.362 e. The molecular weight excluding hydrogens is 403 g/mol. The van der Waals surface area contributed by atoms with Crippen LogP contribution in [0.3, 0.4) is 0 Å². The smallest absolute Gasteiger partial charge is 0.252 e. The monoisotopic (exact) mass is 426 g/mol. The molecule has 6 heteroatoms. The summed E-state index contributed by atoms with van der Waals surface area (Å²) in [5.74, 6) is -0.317. The maximum atomic E-state index is 12.6. The number of aryl methyl sites for hydroxylation is 2. The van der Waals surface area contributed by atoms with Crippen LogP contribution in [0.15, 0.2) is 42.5 Å². The second-order valence-corrected chi connectivity index (χ2v) is 10.1. The predicted octanol–water partition coefficient (Wildman–Crippen LogP) is 6.14. The van der Waals surface area contributed by atoms with Crippen LogP contribution in [0.5, 0.6) is 0 Å². The zero-order valence-electron chi connectivity index (χ0n) is 16.2. The number of carbonyl (C=O) groups is 1. The van der Waals surface area contributed by atoms with Crippen LogP contribution in [0, 0.1) is 13.8 Å². The molecule has 146 valence electrons. The number of amides is 1. The number of hydrogen-bond donors (Lipinski definition) is 2. The average Bonchev–Trinajstić information content (AvgIpc) is 2.56. The Morgan fingerprint density at radius 2 is 1.52 bits per heavy atom. The van der Waals surface area contributed by atoms with Crippen molar-refractivity contribution in [2.45, 2.75) is 50.0 Å². The van der Waals surface area contributed by atoms with Crippen LogP contribution in [-0.4, -0.2) is 15.9 Å². The van der Waals surface area contributed by atoms with Crippen LogP contribution in [0.1, 0.15) is 47.8 Å². The van der Waals surface area contributed by atoms with E-state index in [-0.39, 0.29) is 11.3 Å². The quantitative estimate of drug-likeness (QED) is 0.454. The molecule has 2 aromatic rings. The van der Waals surface area contributed by atoms with Crippen LogP contribution < -0.4 is 10.6 Å². The molecule has 0 fully saturated rings. The number of nitrogens with one attached hydrogen (secondary N) is 2. The summed E-state index contributed by atoms with van der Waals surface area (Å²) < 4.78 is -1.72. The van der Waals surface area contributed by atoms with Gasteiger partial charge in [-0.15, -0.1) is 0 Å². The number of anilines is 1. The summed E-state index contributed by atoms with van der Waals surface area (Å²) in [4.78, 5) is 12.6. The maximum absolute atomic E-state index is 12.6. The highest BCUT2D eigenvalue weighted by molar-refractivity contribution is 6.68. The molecule has 3 nitrogen and oxygen atoms in total. The molecule has 0 radical (unpaired) electrons. The van der Waals surface area contributed by atoms with E-state index in [2.05, 4.69) is 31.4 Å². The van der Waals surface area contributed by atoms with E-state index in [0.717, 1.165) is 22.4 Å². The third-order valence-electron chi connectivity index (χ3n) is 4.43. The highest BCUT2D eigenvalue weighted by Crippen LogP contribution is 2.31. The zero-order chi connectivity index (χ0) is 20.4. The molecule has 0 saturated carbocycles. The van der Waals surface area contributed by atoms with E-state index in [4.69, 9.17) is 34.8 Å². The van der Waals surface area contributed by atoms with E-state index in [1.807, 2.05) is 44.2 Å². The van der Waals surface area contributed by atoms with Crippen molar-refractivity contribution in [2.75, 3.05) is 5.32 Å². The van der Waals surface area contributed by atoms with Gasteiger partial charge in [-0.05, 0) is 60.2 Å². The minimum atomic E-state index is -1.72. The number of rotatable bonds is 4. The first-order valence-corrected chi connectivity index (χ1v) is 9.83. The van der Waals surface area contributed by atoms with Crippen LogP contribution in [0.2, 0.25) is 0 Å². The maximum Gasteiger partial charge on any atom is 0.252 e. The zero-order valence-corrected chi connectivity index (χ0v) is 18.4. The van der Waals surface area contributed by atoms with E-state index < -0.39 is 9.96 Å². The van der Waals surface area contributed by atoms with Gasteiger partial charge in [0.2, 0.25) is 3.79 Å². The van der Waals surface area contributed by atoms with E-state index in [0.29, 0.717) is 5.56 Å². The molecule has 0 aliphatic heterocycles. The van der Waals surface area contributed by atoms with Gasteiger partial charge in [-0.3, -0.25) is 4.79 Å². The first-order valence-electron chi connectivity index (χ1n) is 8.70. The predicted molar refractivity (Wildman–Crippen MR) is 116 cm³/mol. The third-order valence-corrected chi connectivity index (χ3v) is 5.09. The molecule has 0 aliphatic carbocycles. The van der Waals surface area contributed by atoms with Crippen molar-refractivity contribution in [1.29, 1.82) is 0 Å². The highest BCUT2D eigenvalue weighted by Gasteiger charge is 2.34. The van der Waals surface area contributed by atoms with Crippen LogP contribution >= 0.6 is 34.8 Å². The van der Waals surface area contributed by atoms with Crippen molar-refractivity contribution >= 4 is 46.4 Å². The molecule has 27 heavy (non-hydrogen) atoms. The molecule has 2 rings (SSSR count).